The normalized spacial score (nSPS) is 14.0. The number of anilines is 5. The number of hydrogen-bond donors (Lipinski definition) is 2. The lowest BCUT2D eigenvalue weighted by Crippen LogP contribution is -2.36. The molecule has 1 aromatic heterocycles. The molecule has 0 atom stereocenters. The van der Waals surface area contributed by atoms with E-state index in [1.165, 1.54) is 5.56 Å². The highest BCUT2D eigenvalue weighted by molar-refractivity contribution is 9.10. The molecule has 0 saturated carbocycles. The molecule has 0 unspecified atom stereocenters. The third kappa shape index (κ3) is 6.11. The van der Waals surface area contributed by atoms with Crippen LogP contribution >= 0.6 is 23.1 Å². The number of methoxy groups -OCH3 is 1. The molecule has 0 bridgehead atoms. The summed E-state index contributed by atoms with van der Waals surface area (Å²) in [5.74, 6) is 1.72. The highest BCUT2D eigenvalue weighted by Crippen LogP contribution is 2.41. The fraction of sp³-hybridized carbons (Fsp3) is 0.407. The van der Waals surface area contributed by atoms with Crippen molar-refractivity contribution in [2.24, 2.45) is 0 Å². The molecule has 2 aromatic carbocycles. The molecule has 198 valence electrons. The summed E-state index contributed by atoms with van der Waals surface area (Å²) in [6.45, 7) is 12.9. The molecule has 0 aliphatic carbocycles. The smallest absolute Gasteiger partial charge is 0.229 e. The maximum Gasteiger partial charge on any atom is 0.229 e. The Bertz CT molecular complexity index is 1340. The van der Waals surface area contributed by atoms with Crippen LogP contribution in [0.15, 0.2) is 34.9 Å². The standard InChI is InChI=1S/C27H35BrN5O3P/c1-7-19-14-22(24(35-4)15-23(19)33-10-12-36-13-11-33)31-27-29-16-20(28)26(32-27)30-21-9-8-17(2)18(3)25(21)37(5,6)34/h8-9,14-16H,7,10-13H2,1-6H3,(H2,29,30,31,32). The summed E-state index contributed by atoms with van der Waals surface area (Å²) in [6.07, 6.45) is 2.58. The molecular weight excluding hydrogens is 553 g/mol. The minimum absolute atomic E-state index is 0.423. The van der Waals surface area contributed by atoms with Crippen molar-refractivity contribution in [2.45, 2.75) is 27.2 Å². The van der Waals surface area contributed by atoms with Crippen LogP contribution in [0.3, 0.4) is 0 Å². The van der Waals surface area contributed by atoms with E-state index < -0.39 is 7.14 Å². The van der Waals surface area contributed by atoms with E-state index in [9.17, 15) is 4.57 Å². The predicted molar refractivity (Wildman–Crippen MR) is 157 cm³/mol. The Labute approximate surface area is 227 Å². The maximum absolute atomic E-state index is 13.1. The van der Waals surface area contributed by atoms with Crippen LogP contribution in [0.5, 0.6) is 5.75 Å². The van der Waals surface area contributed by atoms with Crippen LogP contribution in [0.1, 0.15) is 23.6 Å². The Balaban J connectivity index is 1.67. The third-order valence-electron chi connectivity index (χ3n) is 6.62. The van der Waals surface area contributed by atoms with Crippen molar-refractivity contribution >= 4 is 57.2 Å². The minimum atomic E-state index is -2.54. The first-order valence-electron chi connectivity index (χ1n) is 12.4. The van der Waals surface area contributed by atoms with Crippen LogP contribution in [-0.4, -0.2) is 56.7 Å². The number of halogens is 1. The number of benzene rings is 2. The second kappa shape index (κ2) is 11.4. The summed E-state index contributed by atoms with van der Waals surface area (Å²) >= 11 is 3.56. The average Bonchev–Trinajstić information content (AvgIpc) is 2.87. The van der Waals surface area contributed by atoms with Gasteiger partial charge in [-0.15, -0.1) is 0 Å². The largest absolute Gasteiger partial charge is 0.494 e. The number of ether oxygens (including phenoxy) is 2. The molecule has 1 saturated heterocycles. The van der Waals surface area contributed by atoms with Crippen molar-refractivity contribution in [3.05, 3.63) is 51.6 Å². The van der Waals surface area contributed by atoms with E-state index in [1.54, 1.807) is 26.6 Å². The van der Waals surface area contributed by atoms with E-state index in [4.69, 9.17) is 14.5 Å². The first-order valence-corrected chi connectivity index (χ1v) is 15.8. The van der Waals surface area contributed by atoms with Crippen LogP contribution in [0.25, 0.3) is 0 Å². The third-order valence-corrected chi connectivity index (χ3v) is 8.85. The number of hydrogen-bond acceptors (Lipinski definition) is 8. The van der Waals surface area contributed by atoms with Crippen LogP contribution in [-0.2, 0) is 15.7 Å². The molecule has 1 aliphatic rings. The summed E-state index contributed by atoms with van der Waals surface area (Å²) in [6, 6.07) is 8.16. The molecule has 0 radical (unpaired) electrons. The second-order valence-corrected chi connectivity index (χ2v) is 13.5. The van der Waals surface area contributed by atoms with Gasteiger partial charge >= 0.3 is 0 Å². The van der Waals surface area contributed by atoms with Gasteiger partial charge in [-0.2, -0.15) is 4.98 Å². The molecule has 3 aromatic rings. The molecule has 8 nitrogen and oxygen atoms in total. The van der Waals surface area contributed by atoms with Crippen LogP contribution in [0.2, 0.25) is 0 Å². The monoisotopic (exact) mass is 587 g/mol. The fourth-order valence-electron chi connectivity index (χ4n) is 4.62. The van der Waals surface area contributed by atoms with Gasteiger partial charge < -0.3 is 29.6 Å². The number of rotatable bonds is 8. The van der Waals surface area contributed by atoms with E-state index >= 15 is 0 Å². The number of morpholine rings is 1. The molecular formula is C27H35BrN5O3P. The van der Waals surface area contributed by atoms with Gasteiger partial charge in [-0.25, -0.2) is 4.98 Å². The predicted octanol–water partition coefficient (Wildman–Crippen LogP) is 6.00. The SMILES string of the molecule is CCc1cc(Nc2ncc(Br)c(Nc3ccc(C)c(C)c3P(C)(C)=O)n2)c(OC)cc1N1CCOCC1. The quantitative estimate of drug-likeness (QED) is 0.310. The summed E-state index contributed by atoms with van der Waals surface area (Å²) in [7, 11) is -0.874. The molecule has 37 heavy (non-hydrogen) atoms. The van der Waals surface area contributed by atoms with Gasteiger partial charge in [0.15, 0.2) is 0 Å². The Hall–Kier alpha value is -2.61. The van der Waals surface area contributed by atoms with Crippen LogP contribution < -0.4 is 25.6 Å². The van der Waals surface area contributed by atoms with Crippen molar-refractivity contribution in [1.29, 1.82) is 0 Å². The Morgan fingerprint density at radius 3 is 2.51 bits per heavy atom. The summed E-state index contributed by atoms with van der Waals surface area (Å²) in [5.41, 5.74) is 6.08. The highest BCUT2D eigenvalue weighted by Gasteiger charge is 2.22. The number of aryl methyl sites for hydroxylation is 2. The second-order valence-electron chi connectivity index (χ2n) is 9.53. The molecule has 10 heteroatoms. The molecule has 1 fully saturated rings. The van der Waals surface area contributed by atoms with E-state index in [0.717, 1.165) is 66.2 Å². The van der Waals surface area contributed by atoms with E-state index in [-0.39, 0.29) is 0 Å². The van der Waals surface area contributed by atoms with Crippen LogP contribution in [0.4, 0.5) is 28.8 Å². The zero-order chi connectivity index (χ0) is 26.7. The summed E-state index contributed by atoms with van der Waals surface area (Å²) < 4.78 is 25.1. The molecule has 2 N–H and O–H groups in total. The van der Waals surface area contributed by atoms with Gasteiger partial charge in [0.2, 0.25) is 5.95 Å². The molecule has 0 spiro atoms. The Kier molecular flexibility index (Phi) is 8.46. The van der Waals surface area contributed by atoms with Gasteiger partial charge in [0.1, 0.15) is 18.7 Å². The first kappa shape index (κ1) is 27.4. The Morgan fingerprint density at radius 1 is 1.14 bits per heavy atom. The number of nitrogens with one attached hydrogen (secondary N) is 2. The van der Waals surface area contributed by atoms with E-state index in [0.29, 0.717) is 22.0 Å². The van der Waals surface area contributed by atoms with Crippen molar-refractivity contribution in [3.63, 3.8) is 0 Å². The zero-order valence-corrected chi connectivity index (χ0v) is 24.8. The maximum atomic E-state index is 13.1. The van der Waals surface area contributed by atoms with Gasteiger partial charge in [-0.3, -0.25) is 0 Å². The molecule has 2 heterocycles. The highest BCUT2D eigenvalue weighted by atomic mass is 79.9. The van der Waals surface area contributed by atoms with E-state index in [2.05, 4.69) is 55.5 Å². The Morgan fingerprint density at radius 2 is 1.86 bits per heavy atom. The first-order chi connectivity index (χ1) is 17.6. The lowest BCUT2D eigenvalue weighted by molar-refractivity contribution is 0.122. The van der Waals surface area contributed by atoms with Crippen molar-refractivity contribution in [3.8, 4) is 5.75 Å². The van der Waals surface area contributed by atoms with Gasteiger partial charge in [-0.05, 0) is 78.4 Å². The lowest BCUT2D eigenvalue weighted by atomic mass is 10.1. The van der Waals surface area contributed by atoms with Gasteiger partial charge in [0.25, 0.3) is 0 Å². The molecule has 1 aliphatic heterocycles. The number of aromatic nitrogens is 2. The average molecular weight is 588 g/mol. The van der Waals surface area contributed by atoms with Gasteiger partial charge in [0, 0.05) is 36.3 Å². The van der Waals surface area contributed by atoms with E-state index in [1.807, 2.05) is 26.0 Å². The van der Waals surface area contributed by atoms with Crippen molar-refractivity contribution in [2.75, 3.05) is 62.3 Å². The number of nitrogens with zero attached hydrogens (tertiary/aromatic N) is 3. The topological polar surface area (TPSA) is 88.6 Å². The molecule has 0 amide bonds. The van der Waals surface area contributed by atoms with Gasteiger partial charge in [-0.1, -0.05) is 13.0 Å². The lowest BCUT2D eigenvalue weighted by Gasteiger charge is -2.31. The fourth-order valence-corrected chi connectivity index (χ4v) is 6.61. The van der Waals surface area contributed by atoms with Crippen LogP contribution in [0, 0.1) is 13.8 Å². The molecule has 4 rings (SSSR count). The minimum Gasteiger partial charge on any atom is -0.494 e. The van der Waals surface area contributed by atoms with Crippen molar-refractivity contribution in [1.82, 2.24) is 9.97 Å². The summed E-state index contributed by atoms with van der Waals surface area (Å²) in [4.78, 5) is 11.5. The van der Waals surface area contributed by atoms with Gasteiger partial charge in [0.05, 0.1) is 36.2 Å². The summed E-state index contributed by atoms with van der Waals surface area (Å²) in [5, 5.41) is 7.56. The van der Waals surface area contributed by atoms with Crippen molar-refractivity contribution < 1.29 is 14.0 Å². The zero-order valence-electron chi connectivity index (χ0n) is 22.3.